The minimum Gasteiger partial charge on any atom is -0.441 e. The van der Waals surface area contributed by atoms with E-state index in [1.807, 2.05) is 6.92 Å². The zero-order chi connectivity index (χ0) is 20.5. The van der Waals surface area contributed by atoms with Crippen molar-refractivity contribution in [3.05, 3.63) is 24.0 Å². The van der Waals surface area contributed by atoms with E-state index in [2.05, 4.69) is 4.18 Å². The number of rotatable bonds is 6. The topological polar surface area (TPSA) is 96.5 Å². The highest BCUT2D eigenvalue weighted by atomic mass is 32.2. The molecular weight excluding hydrogens is 393 g/mol. The molecule has 2 aliphatic rings. The molecule has 154 valence electrons. The molecule has 0 unspecified atom stereocenters. The fraction of sp³-hybridized carbons (Fsp3) is 0.529. The van der Waals surface area contributed by atoms with Crippen LogP contribution in [0.2, 0.25) is 0 Å². The van der Waals surface area contributed by atoms with E-state index in [9.17, 15) is 22.4 Å². The number of hydrogen-bond donors (Lipinski definition) is 0. The summed E-state index contributed by atoms with van der Waals surface area (Å²) in [5, 5.41) is 0. The van der Waals surface area contributed by atoms with Crippen molar-refractivity contribution in [1.82, 2.24) is 4.90 Å². The van der Waals surface area contributed by atoms with Crippen LogP contribution >= 0.6 is 0 Å². The van der Waals surface area contributed by atoms with Crippen LogP contribution in [0.15, 0.2) is 18.2 Å². The van der Waals surface area contributed by atoms with Crippen molar-refractivity contribution in [2.24, 2.45) is 0 Å². The van der Waals surface area contributed by atoms with Crippen LogP contribution in [0.5, 0.6) is 0 Å². The van der Waals surface area contributed by atoms with Crippen LogP contribution in [-0.2, 0) is 23.8 Å². The van der Waals surface area contributed by atoms with E-state index in [1.165, 1.54) is 17.0 Å². The number of piperazine rings is 1. The minimum absolute atomic E-state index is 0.0425. The quantitative estimate of drug-likeness (QED) is 0.634. The van der Waals surface area contributed by atoms with E-state index in [0.29, 0.717) is 19.6 Å². The third-order valence-corrected chi connectivity index (χ3v) is 5.19. The number of cyclic esters (lactones) is 1. The average Bonchev–Trinajstić information content (AvgIpc) is 3.00. The average molecular weight is 415 g/mol. The first-order chi connectivity index (χ1) is 13.2. The Morgan fingerprint density at radius 1 is 1.29 bits per heavy atom. The number of anilines is 2. The Bertz CT molecular complexity index is 878. The maximum absolute atomic E-state index is 14.7. The molecule has 11 heteroatoms. The Hall–Kier alpha value is -2.40. The SMILES string of the molecule is CCN1CCN(c2ccc(N3C[C@H](COS(C)(=O)=O)OC3=O)cc2F)CC1=O. The molecule has 2 heterocycles. The molecule has 9 nitrogen and oxygen atoms in total. The highest BCUT2D eigenvalue weighted by Gasteiger charge is 2.34. The summed E-state index contributed by atoms with van der Waals surface area (Å²) in [6, 6.07) is 4.29. The van der Waals surface area contributed by atoms with E-state index in [4.69, 9.17) is 4.74 Å². The molecule has 2 fully saturated rings. The van der Waals surface area contributed by atoms with Gasteiger partial charge in [0.15, 0.2) is 0 Å². The van der Waals surface area contributed by atoms with E-state index < -0.39 is 28.1 Å². The van der Waals surface area contributed by atoms with E-state index in [1.54, 1.807) is 15.9 Å². The number of likely N-dealkylation sites (N-methyl/N-ethyl adjacent to an activating group) is 1. The van der Waals surface area contributed by atoms with E-state index in [0.717, 1.165) is 6.26 Å². The number of halogens is 1. The van der Waals surface area contributed by atoms with Crippen LogP contribution in [-0.4, -0.2) is 77.0 Å². The van der Waals surface area contributed by atoms with Gasteiger partial charge >= 0.3 is 6.09 Å². The molecule has 0 N–H and O–H groups in total. The second-order valence-corrected chi connectivity index (χ2v) is 8.28. The molecule has 0 spiro atoms. The number of hydrogen-bond acceptors (Lipinski definition) is 7. The highest BCUT2D eigenvalue weighted by Crippen LogP contribution is 2.28. The molecule has 2 saturated heterocycles. The third kappa shape index (κ3) is 4.53. The van der Waals surface area contributed by atoms with Crippen LogP contribution < -0.4 is 9.80 Å². The van der Waals surface area contributed by atoms with Crippen LogP contribution in [0.4, 0.5) is 20.6 Å². The predicted molar refractivity (Wildman–Crippen MR) is 99.3 cm³/mol. The summed E-state index contributed by atoms with van der Waals surface area (Å²) < 4.78 is 46.5. The maximum atomic E-state index is 14.7. The van der Waals surface area contributed by atoms with Crippen LogP contribution in [0.1, 0.15) is 6.92 Å². The molecule has 1 aromatic rings. The molecule has 0 bridgehead atoms. The first kappa shape index (κ1) is 20.3. The number of nitrogens with zero attached hydrogens (tertiary/aromatic N) is 3. The number of benzene rings is 1. The number of carbonyl (C=O) groups is 2. The molecule has 1 aromatic carbocycles. The standard InChI is InChI=1S/C17H22FN3O6S/c1-3-19-6-7-20(10-16(19)22)15-5-4-12(8-14(15)18)21-9-13(27-17(21)23)11-26-28(2,24)25/h4-5,8,13H,3,6-7,9-11H2,1-2H3/t13-/m1/s1. The van der Waals surface area contributed by atoms with Crippen molar-refractivity contribution in [3.63, 3.8) is 0 Å². The smallest absolute Gasteiger partial charge is 0.414 e. The van der Waals surface area contributed by atoms with Crippen molar-refractivity contribution in [1.29, 1.82) is 0 Å². The fourth-order valence-electron chi connectivity index (χ4n) is 3.19. The lowest BCUT2D eigenvalue weighted by Gasteiger charge is -2.35. The van der Waals surface area contributed by atoms with Gasteiger partial charge in [-0.15, -0.1) is 0 Å². The number of amides is 2. The summed E-state index contributed by atoms with van der Waals surface area (Å²) in [7, 11) is -3.65. The summed E-state index contributed by atoms with van der Waals surface area (Å²) in [5.74, 6) is -0.618. The summed E-state index contributed by atoms with van der Waals surface area (Å²) in [6.45, 7) is 3.40. The van der Waals surface area contributed by atoms with Crippen LogP contribution in [0.25, 0.3) is 0 Å². The zero-order valence-corrected chi connectivity index (χ0v) is 16.4. The second-order valence-electron chi connectivity index (χ2n) is 6.64. The molecule has 3 rings (SSSR count). The fourth-order valence-corrected chi connectivity index (χ4v) is 3.59. The van der Waals surface area contributed by atoms with Gasteiger partial charge in [-0.2, -0.15) is 8.42 Å². The van der Waals surface area contributed by atoms with E-state index in [-0.39, 0.29) is 37.0 Å². The minimum atomic E-state index is -3.65. The number of carbonyl (C=O) groups excluding carboxylic acids is 2. The Kier molecular flexibility index (Phi) is 5.75. The van der Waals surface area contributed by atoms with Crippen molar-refractivity contribution in [2.45, 2.75) is 13.0 Å². The van der Waals surface area contributed by atoms with Gasteiger partial charge in [0.1, 0.15) is 18.5 Å². The molecule has 28 heavy (non-hydrogen) atoms. The Morgan fingerprint density at radius 2 is 2.04 bits per heavy atom. The normalized spacial score (nSPS) is 20.7. The van der Waals surface area contributed by atoms with Gasteiger partial charge in [0, 0.05) is 19.6 Å². The van der Waals surface area contributed by atoms with Crippen LogP contribution in [0, 0.1) is 5.82 Å². The van der Waals surface area contributed by atoms with Crippen molar-refractivity contribution < 1.29 is 31.3 Å². The maximum Gasteiger partial charge on any atom is 0.414 e. The van der Waals surface area contributed by atoms with Crippen molar-refractivity contribution in [3.8, 4) is 0 Å². The highest BCUT2D eigenvalue weighted by molar-refractivity contribution is 7.85. The van der Waals surface area contributed by atoms with Crippen LogP contribution in [0.3, 0.4) is 0 Å². The Labute approximate surface area is 162 Å². The molecule has 0 saturated carbocycles. The van der Waals surface area contributed by atoms with E-state index >= 15 is 0 Å². The Balaban J connectivity index is 1.69. The predicted octanol–water partition coefficient (Wildman–Crippen LogP) is 0.796. The summed E-state index contributed by atoms with van der Waals surface area (Å²) in [5.41, 5.74) is 0.573. The Morgan fingerprint density at radius 3 is 2.64 bits per heavy atom. The molecule has 0 radical (unpaired) electrons. The first-order valence-corrected chi connectivity index (χ1v) is 10.6. The molecular formula is C17H22FN3O6S. The van der Waals surface area contributed by atoms with Crippen molar-refractivity contribution in [2.75, 3.05) is 55.4 Å². The lowest BCUT2D eigenvalue weighted by atomic mass is 10.2. The zero-order valence-electron chi connectivity index (χ0n) is 15.6. The monoisotopic (exact) mass is 415 g/mol. The lowest BCUT2D eigenvalue weighted by molar-refractivity contribution is -0.130. The van der Waals surface area contributed by atoms with Gasteiger partial charge in [-0.1, -0.05) is 0 Å². The van der Waals surface area contributed by atoms with Gasteiger partial charge in [-0.3, -0.25) is 13.9 Å². The first-order valence-electron chi connectivity index (χ1n) is 8.82. The van der Waals surface area contributed by atoms with Gasteiger partial charge in [0.2, 0.25) is 5.91 Å². The summed E-state index contributed by atoms with van der Waals surface area (Å²) >= 11 is 0. The van der Waals surface area contributed by atoms with Gasteiger partial charge in [-0.25, -0.2) is 9.18 Å². The molecule has 1 atom stereocenters. The largest absolute Gasteiger partial charge is 0.441 e. The number of ether oxygens (including phenoxy) is 1. The summed E-state index contributed by atoms with van der Waals surface area (Å²) in [4.78, 5) is 28.7. The molecule has 2 aliphatic heterocycles. The molecule has 0 aromatic heterocycles. The van der Waals surface area contributed by atoms with Gasteiger partial charge in [-0.05, 0) is 25.1 Å². The van der Waals surface area contributed by atoms with Crippen molar-refractivity contribution >= 4 is 33.5 Å². The second kappa shape index (κ2) is 7.92. The van der Waals surface area contributed by atoms with Gasteiger partial charge in [0.05, 0.1) is 30.7 Å². The lowest BCUT2D eigenvalue weighted by Crippen LogP contribution is -2.50. The molecule has 2 amide bonds. The summed E-state index contributed by atoms with van der Waals surface area (Å²) in [6.07, 6.45) is -0.577. The van der Waals surface area contributed by atoms with Gasteiger partial charge in [0.25, 0.3) is 10.1 Å². The third-order valence-electron chi connectivity index (χ3n) is 4.63. The van der Waals surface area contributed by atoms with Gasteiger partial charge < -0.3 is 14.5 Å². The molecule has 0 aliphatic carbocycles.